The van der Waals surface area contributed by atoms with Gasteiger partial charge in [0, 0.05) is 27.6 Å². The van der Waals surface area contributed by atoms with E-state index in [4.69, 9.17) is 15.8 Å². The van der Waals surface area contributed by atoms with Gasteiger partial charge in [0.2, 0.25) is 0 Å². The van der Waals surface area contributed by atoms with Crippen molar-refractivity contribution >= 4 is 28.4 Å². The van der Waals surface area contributed by atoms with Crippen molar-refractivity contribution in [1.82, 2.24) is 4.98 Å². The molecule has 8 heteroatoms. The van der Waals surface area contributed by atoms with Gasteiger partial charge in [0.1, 0.15) is 11.6 Å². The van der Waals surface area contributed by atoms with E-state index in [2.05, 4.69) is 0 Å². The molecule has 0 unspecified atom stereocenters. The fraction of sp³-hybridized carbons (Fsp3) is 0. The second-order valence-corrected chi connectivity index (χ2v) is 9.16. The van der Waals surface area contributed by atoms with E-state index in [9.17, 15) is 22.8 Å². The highest BCUT2D eigenvalue weighted by Crippen LogP contribution is 2.36. The van der Waals surface area contributed by atoms with Gasteiger partial charge in [-0.15, -0.1) is 0 Å². The van der Waals surface area contributed by atoms with E-state index >= 15 is 0 Å². The van der Waals surface area contributed by atoms with Crippen molar-refractivity contribution in [1.29, 1.82) is 16.1 Å². The van der Waals surface area contributed by atoms with Crippen molar-refractivity contribution < 1.29 is 17.6 Å². The molecule has 192 valence electrons. The first-order valence-corrected chi connectivity index (χ1v) is 12.1. The number of pyridine rings is 1. The van der Waals surface area contributed by atoms with Crippen LogP contribution in [-0.4, -0.2) is 16.4 Å². The molecule has 0 bridgehead atoms. The highest BCUT2D eigenvalue weighted by molar-refractivity contribution is 6.54. The molecule has 0 fully saturated rings. The Balaban J connectivity index is 1.39. The van der Waals surface area contributed by atoms with E-state index < -0.39 is 34.4 Å². The van der Waals surface area contributed by atoms with Crippen LogP contribution in [0, 0.1) is 45.4 Å². The van der Waals surface area contributed by atoms with Crippen LogP contribution < -0.4 is 0 Å². The molecule has 1 aromatic heterocycles. The zero-order chi connectivity index (χ0) is 28.1. The Labute approximate surface area is 225 Å². The topological polar surface area (TPSA) is 84.4 Å². The Bertz CT molecular complexity index is 1970. The zero-order valence-electron chi connectivity index (χ0n) is 20.5. The molecule has 5 aromatic rings. The first-order chi connectivity index (χ1) is 19.3. The molecule has 0 amide bonds. The smallest absolute Gasteiger partial charge is 0.198 e. The normalized spacial score (nSPS) is 12.5. The molecule has 4 nitrogen and oxygen atoms in total. The van der Waals surface area contributed by atoms with Crippen molar-refractivity contribution in [2.75, 3.05) is 0 Å². The van der Waals surface area contributed by atoms with Crippen LogP contribution >= 0.6 is 0 Å². The van der Waals surface area contributed by atoms with Gasteiger partial charge in [-0.05, 0) is 34.9 Å². The standard InChI is InChI=1S/C32H16F4N4/c33-27-22(15-37)25(28(34)30(36)29(27)35)18-9-5-16(6-10-18)17-7-11-19(12-8-17)32-21-13-14-23(38)31(39)26(21)20-3-1-2-4-24(20)40-32/h1-14,38-39H. The molecule has 0 aliphatic heterocycles. The summed E-state index contributed by atoms with van der Waals surface area (Å²) in [5.41, 5.74) is 3.82. The van der Waals surface area contributed by atoms with Crippen molar-refractivity contribution in [3.63, 3.8) is 0 Å². The monoisotopic (exact) mass is 532 g/mol. The third-order valence-electron chi connectivity index (χ3n) is 6.91. The van der Waals surface area contributed by atoms with E-state index in [1.165, 1.54) is 18.2 Å². The number of rotatable bonds is 3. The first-order valence-electron chi connectivity index (χ1n) is 12.1. The van der Waals surface area contributed by atoms with Crippen LogP contribution in [0.3, 0.4) is 0 Å². The number of hydrogen-bond acceptors (Lipinski definition) is 4. The Morgan fingerprint density at radius 3 is 1.85 bits per heavy atom. The summed E-state index contributed by atoms with van der Waals surface area (Å²) in [5, 5.41) is 26.7. The lowest BCUT2D eigenvalue weighted by Crippen LogP contribution is -2.17. The third kappa shape index (κ3) is 3.79. The van der Waals surface area contributed by atoms with Crippen LogP contribution in [0.2, 0.25) is 0 Å². The maximum Gasteiger partial charge on any atom is 0.198 e. The van der Waals surface area contributed by atoms with Gasteiger partial charge in [-0.2, -0.15) is 5.26 Å². The number of allylic oxidation sites excluding steroid dienone is 1. The van der Waals surface area contributed by atoms with Crippen LogP contribution in [0.15, 0.2) is 78.9 Å². The number of nitrogens with one attached hydrogen (secondary N) is 2. The van der Waals surface area contributed by atoms with Gasteiger partial charge in [0.05, 0.1) is 22.6 Å². The quantitative estimate of drug-likeness (QED) is 0.140. The third-order valence-corrected chi connectivity index (χ3v) is 6.91. The number of halogens is 4. The second-order valence-electron chi connectivity index (χ2n) is 9.16. The average molecular weight is 533 g/mol. The maximum absolute atomic E-state index is 14.5. The van der Waals surface area contributed by atoms with Gasteiger partial charge in [0.25, 0.3) is 0 Å². The summed E-state index contributed by atoms with van der Waals surface area (Å²) >= 11 is 0. The molecule has 0 atom stereocenters. The number of para-hydroxylation sites is 1. The number of aromatic nitrogens is 1. The van der Waals surface area contributed by atoms with Crippen molar-refractivity contribution in [2.45, 2.75) is 0 Å². The second kappa shape index (κ2) is 9.40. The summed E-state index contributed by atoms with van der Waals surface area (Å²) in [6, 6.07) is 22.4. The number of benzene rings is 4. The molecule has 6 rings (SSSR count). The molecule has 1 heterocycles. The molecule has 1 aliphatic rings. The van der Waals surface area contributed by atoms with Gasteiger partial charge in [-0.3, -0.25) is 10.8 Å². The Morgan fingerprint density at radius 1 is 0.625 bits per heavy atom. The van der Waals surface area contributed by atoms with E-state index in [1.54, 1.807) is 24.3 Å². The zero-order valence-corrected chi connectivity index (χ0v) is 20.5. The van der Waals surface area contributed by atoms with Crippen LogP contribution in [-0.2, 0) is 0 Å². The molecule has 4 aromatic carbocycles. The number of nitriles is 1. The van der Waals surface area contributed by atoms with Gasteiger partial charge in [0.15, 0.2) is 23.3 Å². The van der Waals surface area contributed by atoms with E-state index in [1.807, 2.05) is 48.5 Å². The van der Waals surface area contributed by atoms with Crippen LogP contribution in [0.5, 0.6) is 0 Å². The van der Waals surface area contributed by atoms with Crippen molar-refractivity contribution in [2.24, 2.45) is 0 Å². The van der Waals surface area contributed by atoms with E-state index in [-0.39, 0.29) is 17.0 Å². The fourth-order valence-electron chi connectivity index (χ4n) is 4.92. The Hall–Kier alpha value is -5.42. The average Bonchev–Trinajstić information content (AvgIpc) is 2.99. The predicted molar refractivity (Wildman–Crippen MR) is 146 cm³/mol. The molecule has 2 N–H and O–H groups in total. The summed E-state index contributed by atoms with van der Waals surface area (Å²) < 4.78 is 56.1. The van der Waals surface area contributed by atoms with Gasteiger partial charge >= 0.3 is 0 Å². The van der Waals surface area contributed by atoms with Crippen LogP contribution in [0.4, 0.5) is 17.6 Å². The summed E-state index contributed by atoms with van der Waals surface area (Å²) in [6.07, 6.45) is 3.38. The summed E-state index contributed by atoms with van der Waals surface area (Å²) in [5.74, 6) is -7.36. The summed E-state index contributed by atoms with van der Waals surface area (Å²) in [6.45, 7) is 0. The molecule has 0 spiro atoms. The largest absolute Gasteiger partial charge is 0.299 e. The molecular weight excluding hydrogens is 516 g/mol. The van der Waals surface area contributed by atoms with Gasteiger partial charge in [-0.1, -0.05) is 66.7 Å². The SMILES string of the molecule is N#Cc1c(F)c(F)c(F)c(F)c1-c1ccc(-c2ccc(-c3nc4ccccc4c4c3C=CC(=N)C4=N)cc2)cc1. The Kier molecular flexibility index (Phi) is 5.85. The highest BCUT2D eigenvalue weighted by atomic mass is 19.2. The maximum atomic E-state index is 14.5. The van der Waals surface area contributed by atoms with Crippen LogP contribution in [0.1, 0.15) is 16.7 Å². The van der Waals surface area contributed by atoms with Crippen molar-refractivity contribution in [3.05, 3.63) is 119 Å². The fourth-order valence-corrected chi connectivity index (χ4v) is 4.92. The lowest BCUT2D eigenvalue weighted by Gasteiger charge is -2.19. The van der Waals surface area contributed by atoms with Gasteiger partial charge in [-0.25, -0.2) is 22.5 Å². The summed E-state index contributed by atoms with van der Waals surface area (Å²) in [7, 11) is 0. The number of nitrogens with zero attached hydrogens (tertiary/aromatic N) is 2. The molecule has 1 aliphatic carbocycles. The Morgan fingerprint density at radius 2 is 1.20 bits per heavy atom. The summed E-state index contributed by atoms with van der Waals surface area (Å²) in [4.78, 5) is 4.84. The van der Waals surface area contributed by atoms with Gasteiger partial charge < -0.3 is 0 Å². The minimum absolute atomic E-state index is 0.0269. The minimum atomic E-state index is -2.03. The number of fused-ring (bicyclic) bond motifs is 3. The van der Waals surface area contributed by atoms with Crippen molar-refractivity contribution in [3.8, 4) is 39.6 Å². The number of hydrogen-bond donors (Lipinski definition) is 2. The molecule has 0 saturated heterocycles. The molecule has 0 saturated carbocycles. The van der Waals surface area contributed by atoms with E-state index in [0.29, 0.717) is 22.3 Å². The molecule has 40 heavy (non-hydrogen) atoms. The predicted octanol–water partition coefficient (Wildman–Crippen LogP) is 8.08. The molecule has 0 radical (unpaired) electrons. The van der Waals surface area contributed by atoms with Crippen LogP contribution in [0.25, 0.3) is 50.5 Å². The highest BCUT2D eigenvalue weighted by Gasteiger charge is 2.26. The van der Waals surface area contributed by atoms with E-state index in [0.717, 1.165) is 22.1 Å². The minimum Gasteiger partial charge on any atom is -0.299 e. The lowest BCUT2D eigenvalue weighted by atomic mass is 9.88. The first kappa shape index (κ1) is 24.9. The lowest BCUT2D eigenvalue weighted by molar-refractivity contribution is 0.409. The molecular formula is C32H16F4N4.